The lowest BCUT2D eigenvalue weighted by Crippen LogP contribution is -2.11. The number of halogens is 1. The Morgan fingerprint density at radius 3 is 2.50 bits per heavy atom. The van der Waals surface area contributed by atoms with Gasteiger partial charge in [0.15, 0.2) is 5.76 Å². The number of fused-ring (bicyclic) bond motifs is 1. The molecule has 5 nitrogen and oxygen atoms in total. The fourth-order valence-electron chi connectivity index (χ4n) is 3.18. The van der Waals surface area contributed by atoms with Crippen LogP contribution < -0.4 is 14.2 Å². The van der Waals surface area contributed by atoms with Crippen LogP contribution in [0, 0.1) is 6.92 Å². The summed E-state index contributed by atoms with van der Waals surface area (Å²) in [4.78, 5) is 25.4. The second-order valence-electron chi connectivity index (χ2n) is 6.62. The summed E-state index contributed by atoms with van der Waals surface area (Å²) in [6.07, 6.45) is 1.69. The van der Waals surface area contributed by atoms with Gasteiger partial charge in [-0.3, -0.25) is 4.79 Å². The summed E-state index contributed by atoms with van der Waals surface area (Å²) in [6, 6.07) is 17.6. The Hall–Kier alpha value is -3.38. The summed E-state index contributed by atoms with van der Waals surface area (Å²) >= 11 is 3.47. The highest BCUT2D eigenvalue weighted by Crippen LogP contribution is 2.40. The van der Waals surface area contributed by atoms with E-state index in [1.54, 1.807) is 49.4 Å². The van der Waals surface area contributed by atoms with Gasteiger partial charge in [-0.15, -0.1) is 0 Å². The van der Waals surface area contributed by atoms with Crippen LogP contribution in [0.4, 0.5) is 0 Å². The first-order valence-electron chi connectivity index (χ1n) is 9.17. The Labute approximate surface area is 182 Å². The summed E-state index contributed by atoms with van der Waals surface area (Å²) in [5.74, 6) is 0.582. The zero-order valence-corrected chi connectivity index (χ0v) is 17.9. The smallest absolute Gasteiger partial charge is 0.347 e. The predicted octanol–water partition coefficient (Wildman–Crippen LogP) is 5.60. The lowest BCUT2D eigenvalue weighted by molar-refractivity contribution is 0.0729. The highest BCUT2D eigenvalue weighted by atomic mass is 79.9. The second-order valence-corrected chi connectivity index (χ2v) is 7.47. The molecule has 0 amide bonds. The highest BCUT2D eigenvalue weighted by Gasteiger charge is 2.31. The van der Waals surface area contributed by atoms with Crippen LogP contribution in [0.25, 0.3) is 6.08 Å². The van der Waals surface area contributed by atoms with Crippen molar-refractivity contribution < 1.29 is 23.8 Å². The zero-order valence-electron chi connectivity index (χ0n) is 16.3. The highest BCUT2D eigenvalue weighted by molar-refractivity contribution is 9.10. The van der Waals surface area contributed by atoms with Crippen LogP contribution in [-0.4, -0.2) is 18.9 Å². The van der Waals surface area contributed by atoms with E-state index in [9.17, 15) is 9.59 Å². The number of esters is 1. The SMILES string of the molecule is COc1ccccc1C(=O)Oc1ccc2c(c1C)O/C(=C\c1ccccc1Br)C2=O. The molecule has 0 N–H and O–H groups in total. The van der Waals surface area contributed by atoms with Gasteiger partial charge in [0.1, 0.15) is 22.8 Å². The van der Waals surface area contributed by atoms with Gasteiger partial charge in [-0.05, 0) is 48.9 Å². The van der Waals surface area contributed by atoms with Crippen molar-refractivity contribution in [2.75, 3.05) is 7.11 Å². The predicted molar refractivity (Wildman–Crippen MR) is 116 cm³/mol. The molecule has 6 heteroatoms. The third kappa shape index (κ3) is 3.62. The van der Waals surface area contributed by atoms with Gasteiger partial charge in [-0.2, -0.15) is 0 Å². The van der Waals surface area contributed by atoms with E-state index in [0.29, 0.717) is 33.9 Å². The average Bonchev–Trinajstić information content (AvgIpc) is 3.08. The van der Waals surface area contributed by atoms with E-state index in [1.165, 1.54) is 7.11 Å². The molecule has 0 fully saturated rings. The molecule has 4 rings (SSSR count). The largest absolute Gasteiger partial charge is 0.496 e. The minimum Gasteiger partial charge on any atom is -0.496 e. The van der Waals surface area contributed by atoms with Crippen LogP contribution in [0.1, 0.15) is 31.8 Å². The number of carbonyl (C=O) groups is 2. The van der Waals surface area contributed by atoms with E-state index >= 15 is 0 Å². The molecule has 0 atom stereocenters. The molecule has 1 aliphatic rings. The zero-order chi connectivity index (χ0) is 21.3. The molecule has 0 spiro atoms. The number of Topliss-reactive ketones (excluding diaryl/α,β-unsaturated/α-hetero) is 1. The number of rotatable bonds is 4. The maximum atomic E-state index is 12.8. The number of benzene rings is 3. The maximum absolute atomic E-state index is 12.8. The molecule has 0 saturated heterocycles. The van der Waals surface area contributed by atoms with E-state index in [2.05, 4.69) is 15.9 Å². The van der Waals surface area contributed by atoms with Crippen molar-refractivity contribution in [3.05, 3.63) is 93.1 Å². The lowest BCUT2D eigenvalue weighted by Gasteiger charge is -2.11. The van der Waals surface area contributed by atoms with Crippen molar-refractivity contribution >= 4 is 33.8 Å². The molecule has 1 aliphatic heterocycles. The first kappa shape index (κ1) is 19.9. The van der Waals surface area contributed by atoms with E-state index < -0.39 is 5.97 Å². The number of hydrogen-bond donors (Lipinski definition) is 0. The quantitative estimate of drug-likeness (QED) is 0.285. The first-order chi connectivity index (χ1) is 14.5. The minimum absolute atomic E-state index is 0.216. The van der Waals surface area contributed by atoms with Crippen molar-refractivity contribution in [3.63, 3.8) is 0 Å². The topological polar surface area (TPSA) is 61.8 Å². The molecule has 0 bridgehead atoms. The molecule has 0 radical (unpaired) electrons. The molecule has 0 aliphatic carbocycles. The fraction of sp³-hybridized carbons (Fsp3) is 0.0833. The summed E-state index contributed by atoms with van der Waals surface area (Å²) < 4.78 is 17.5. The van der Waals surface area contributed by atoms with Crippen molar-refractivity contribution in [2.45, 2.75) is 6.92 Å². The Morgan fingerprint density at radius 1 is 1.00 bits per heavy atom. The van der Waals surface area contributed by atoms with Crippen LogP contribution in [0.5, 0.6) is 17.2 Å². The van der Waals surface area contributed by atoms with Gasteiger partial charge in [0.2, 0.25) is 5.78 Å². The Balaban J connectivity index is 1.64. The normalized spacial score (nSPS) is 13.7. The molecule has 0 saturated carbocycles. The van der Waals surface area contributed by atoms with Crippen molar-refractivity contribution in [1.29, 1.82) is 0 Å². The molecular weight excluding hydrogens is 448 g/mol. The van der Waals surface area contributed by atoms with Crippen LogP contribution in [-0.2, 0) is 0 Å². The van der Waals surface area contributed by atoms with E-state index in [-0.39, 0.29) is 11.5 Å². The molecule has 1 heterocycles. The molecule has 150 valence electrons. The van der Waals surface area contributed by atoms with Crippen LogP contribution >= 0.6 is 15.9 Å². The average molecular weight is 465 g/mol. The van der Waals surface area contributed by atoms with Crippen LogP contribution in [0.15, 0.2) is 70.9 Å². The van der Waals surface area contributed by atoms with Crippen molar-refractivity contribution in [3.8, 4) is 17.2 Å². The van der Waals surface area contributed by atoms with Gasteiger partial charge in [0.05, 0.1) is 12.7 Å². The summed E-state index contributed by atoms with van der Waals surface area (Å²) in [6.45, 7) is 1.75. The Morgan fingerprint density at radius 2 is 1.73 bits per heavy atom. The Bertz CT molecular complexity index is 1200. The number of ketones is 1. The standard InChI is InChI=1S/C24H17BrO5/c1-14-19(30-24(27)16-8-4-6-10-20(16)28-2)12-11-17-22(26)21(29-23(14)17)13-15-7-3-5-9-18(15)25/h3-13H,1-2H3/b21-13-. The first-order valence-corrected chi connectivity index (χ1v) is 9.96. The summed E-state index contributed by atoms with van der Waals surface area (Å²) in [7, 11) is 1.49. The minimum atomic E-state index is -0.552. The molecule has 3 aromatic rings. The van der Waals surface area contributed by atoms with E-state index in [1.807, 2.05) is 24.3 Å². The van der Waals surface area contributed by atoms with E-state index in [4.69, 9.17) is 14.2 Å². The van der Waals surface area contributed by atoms with Gasteiger partial charge < -0.3 is 14.2 Å². The summed E-state index contributed by atoms with van der Waals surface area (Å²) in [5.41, 5.74) is 2.14. The van der Waals surface area contributed by atoms with Gasteiger partial charge >= 0.3 is 5.97 Å². The molecule has 0 aromatic heterocycles. The number of allylic oxidation sites excluding steroid dienone is 1. The molecule has 0 unspecified atom stereocenters. The van der Waals surface area contributed by atoms with Gasteiger partial charge in [-0.1, -0.05) is 46.3 Å². The van der Waals surface area contributed by atoms with Crippen LogP contribution in [0.2, 0.25) is 0 Å². The van der Waals surface area contributed by atoms with Gasteiger partial charge in [0.25, 0.3) is 0 Å². The number of methoxy groups -OCH3 is 1. The monoisotopic (exact) mass is 464 g/mol. The van der Waals surface area contributed by atoms with Gasteiger partial charge in [-0.25, -0.2) is 4.79 Å². The number of hydrogen-bond acceptors (Lipinski definition) is 5. The van der Waals surface area contributed by atoms with E-state index in [0.717, 1.165) is 10.0 Å². The second kappa shape index (κ2) is 8.16. The lowest BCUT2D eigenvalue weighted by atomic mass is 10.1. The van der Waals surface area contributed by atoms with Gasteiger partial charge in [0, 0.05) is 10.0 Å². The Kier molecular flexibility index (Phi) is 5.42. The van der Waals surface area contributed by atoms with Crippen LogP contribution in [0.3, 0.4) is 0 Å². The number of ether oxygens (including phenoxy) is 3. The molecular formula is C24H17BrO5. The molecule has 3 aromatic carbocycles. The van der Waals surface area contributed by atoms with Crippen molar-refractivity contribution in [1.82, 2.24) is 0 Å². The van der Waals surface area contributed by atoms with Crippen molar-refractivity contribution in [2.24, 2.45) is 0 Å². The maximum Gasteiger partial charge on any atom is 0.347 e. The number of carbonyl (C=O) groups excluding carboxylic acids is 2. The third-order valence-corrected chi connectivity index (χ3v) is 5.48. The summed E-state index contributed by atoms with van der Waals surface area (Å²) in [5, 5.41) is 0. The molecule has 30 heavy (non-hydrogen) atoms. The fourth-order valence-corrected chi connectivity index (χ4v) is 3.58. The third-order valence-electron chi connectivity index (χ3n) is 4.76. The number of para-hydroxylation sites is 1.